The first-order chi connectivity index (χ1) is 15.0. The van der Waals surface area contributed by atoms with Crippen LogP contribution in [-0.2, 0) is 30.0 Å². The predicted octanol–water partition coefficient (Wildman–Crippen LogP) is 2.84. The lowest BCUT2D eigenvalue weighted by Gasteiger charge is -2.37. The van der Waals surface area contributed by atoms with Crippen LogP contribution in [0.2, 0.25) is 0 Å². The number of amides is 1. The zero-order valence-electron chi connectivity index (χ0n) is 20.5. The molecule has 2 fully saturated rings. The van der Waals surface area contributed by atoms with Gasteiger partial charge in [0.15, 0.2) is 0 Å². The van der Waals surface area contributed by atoms with Gasteiger partial charge in [-0.25, -0.2) is 4.79 Å². The maximum Gasteiger partial charge on any atom is 0.494 e. The molecule has 1 amide bonds. The second-order valence-electron chi connectivity index (χ2n) is 10.7. The molecule has 2 aliphatic rings. The molecule has 0 atom stereocenters. The van der Waals surface area contributed by atoms with Gasteiger partial charge in [-0.3, -0.25) is 0 Å². The van der Waals surface area contributed by atoms with Crippen molar-refractivity contribution in [1.29, 1.82) is 0 Å². The van der Waals surface area contributed by atoms with Gasteiger partial charge in [-0.15, -0.1) is 3.89 Å². The summed E-state index contributed by atoms with van der Waals surface area (Å²) in [4.78, 5) is 16.0. The fraction of sp³-hybridized carbons (Fsp3) is 0.682. The van der Waals surface area contributed by atoms with Crippen molar-refractivity contribution in [3.8, 4) is 0 Å². The summed E-state index contributed by atoms with van der Waals surface area (Å²) in [6.07, 6.45) is -0.364. The molecule has 0 bridgehead atoms. The number of hydrogen-bond donors (Lipinski definition) is 0. The van der Waals surface area contributed by atoms with Gasteiger partial charge in [-0.1, -0.05) is 6.07 Å². The summed E-state index contributed by atoms with van der Waals surface area (Å²) in [6, 6.07) is 5.15. The highest BCUT2D eigenvalue weighted by Gasteiger charge is 2.51. The van der Waals surface area contributed by atoms with E-state index in [9.17, 15) is 17.1 Å². The SMILES string of the molecule is CC(C)(C)OC(=O)N1CCN(c2cc(CS(=O)(=O)F)cc(B3OC(C)(C)C(C)(C)O3)c2)CC1. The van der Waals surface area contributed by atoms with E-state index in [1.54, 1.807) is 17.0 Å². The highest BCUT2D eigenvalue weighted by molar-refractivity contribution is 7.85. The number of carbonyl (C=O) groups is 1. The number of ether oxygens (including phenoxy) is 1. The average Bonchev–Trinajstić information content (AvgIpc) is 2.86. The summed E-state index contributed by atoms with van der Waals surface area (Å²) in [5.41, 5.74) is -0.0469. The Kier molecular flexibility index (Phi) is 6.83. The van der Waals surface area contributed by atoms with Gasteiger partial charge in [0.1, 0.15) is 11.4 Å². The lowest BCUT2D eigenvalue weighted by Crippen LogP contribution is -2.50. The summed E-state index contributed by atoms with van der Waals surface area (Å²) >= 11 is 0. The van der Waals surface area contributed by atoms with Crippen LogP contribution in [0, 0.1) is 0 Å². The predicted molar refractivity (Wildman–Crippen MR) is 126 cm³/mol. The molecule has 0 saturated carbocycles. The molecular weight excluding hydrogens is 450 g/mol. The Hall–Kier alpha value is -1.85. The Morgan fingerprint density at radius 1 is 1.06 bits per heavy atom. The van der Waals surface area contributed by atoms with E-state index in [0.29, 0.717) is 37.2 Å². The first-order valence-electron chi connectivity index (χ1n) is 11.1. The summed E-state index contributed by atoms with van der Waals surface area (Å²) in [7, 11) is -5.43. The third kappa shape index (κ3) is 6.39. The molecule has 0 aromatic heterocycles. The van der Waals surface area contributed by atoms with Crippen LogP contribution < -0.4 is 10.4 Å². The fourth-order valence-electron chi connectivity index (χ4n) is 3.75. The lowest BCUT2D eigenvalue weighted by atomic mass is 9.78. The van der Waals surface area contributed by atoms with E-state index in [0.717, 1.165) is 5.69 Å². The van der Waals surface area contributed by atoms with Crippen molar-refractivity contribution in [2.75, 3.05) is 31.1 Å². The number of carbonyl (C=O) groups excluding carboxylic acids is 1. The van der Waals surface area contributed by atoms with E-state index in [2.05, 4.69) is 0 Å². The van der Waals surface area contributed by atoms with Gasteiger partial charge < -0.3 is 23.8 Å². The van der Waals surface area contributed by atoms with Gasteiger partial charge in [0.2, 0.25) is 0 Å². The Labute approximate surface area is 196 Å². The standard InChI is InChI=1S/C22H34BFN2O6S/c1-20(2,3)30-19(27)26-10-8-25(9-11-26)18-13-16(15-33(24,28)29)12-17(14-18)23-31-21(4,5)22(6,7)32-23/h12-14H,8-11,15H2,1-7H3. The molecule has 33 heavy (non-hydrogen) atoms. The fourth-order valence-corrected chi connectivity index (χ4v) is 4.32. The normalized spacial score (nSPS) is 20.8. The van der Waals surface area contributed by atoms with Crippen LogP contribution in [0.15, 0.2) is 18.2 Å². The van der Waals surface area contributed by atoms with Gasteiger partial charge in [0, 0.05) is 31.9 Å². The first-order valence-corrected chi connectivity index (χ1v) is 12.7. The molecule has 0 spiro atoms. The van der Waals surface area contributed by atoms with Crippen molar-refractivity contribution >= 4 is 34.6 Å². The van der Waals surface area contributed by atoms with E-state index >= 15 is 0 Å². The monoisotopic (exact) mass is 484 g/mol. The summed E-state index contributed by atoms with van der Waals surface area (Å²) < 4.78 is 53.9. The zero-order valence-corrected chi connectivity index (χ0v) is 21.3. The van der Waals surface area contributed by atoms with E-state index in [-0.39, 0.29) is 6.09 Å². The van der Waals surface area contributed by atoms with Crippen LogP contribution in [0.3, 0.4) is 0 Å². The Bertz CT molecular complexity index is 985. The molecule has 0 aliphatic carbocycles. The number of hydrogen-bond acceptors (Lipinski definition) is 7. The van der Waals surface area contributed by atoms with Crippen molar-refractivity contribution in [2.45, 2.75) is 71.0 Å². The molecule has 1 aromatic carbocycles. The molecule has 2 saturated heterocycles. The molecular formula is C22H34BFN2O6S. The van der Waals surface area contributed by atoms with Gasteiger partial charge in [0.25, 0.3) is 0 Å². The van der Waals surface area contributed by atoms with Crippen LogP contribution in [0.1, 0.15) is 54.0 Å². The largest absolute Gasteiger partial charge is 0.494 e. The van der Waals surface area contributed by atoms with Crippen molar-refractivity contribution < 1.29 is 31.1 Å². The van der Waals surface area contributed by atoms with E-state index in [1.807, 2.05) is 59.4 Å². The van der Waals surface area contributed by atoms with Crippen LogP contribution >= 0.6 is 0 Å². The highest BCUT2D eigenvalue weighted by atomic mass is 32.3. The van der Waals surface area contributed by atoms with E-state index in [1.165, 1.54) is 0 Å². The van der Waals surface area contributed by atoms with Gasteiger partial charge in [-0.05, 0) is 71.6 Å². The summed E-state index contributed by atoms with van der Waals surface area (Å²) in [5, 5.41) is 0. The molecule has 184 valence electrons. The minimum absolute atomic E-state index is 0.314. The Morgan fingerprint density at radius 2 is 1.61 bits per heavy atom. The van der Waals surface area contributed by atoms with Crippen molar-refractivity contribution in [1.82, 2.24) is 4.90 Å². The third-order valence-electron chi connectivity index (χ3n) is 6.16. The third-order valence-corrected chi connectivity index (χ3v) is 6.84. The van der Waals surface area contributed by atoms with Gasteiger partial charge in [0.05, 0.1) is 11.2 Å². The second-order valence-corrected chi connectivity index (χ2v) is 12.0. The van der Waals surface area contributed by atoms with Gasteiger partial charge >= 0.3 is 23.4 Å². The van der Waals surface area contributed by atoms with Crippen molar-refractivity contribution in [3.63, 3.8) is 0 Å². The molecule has 11 heteroatoms. The maximum atomic E-state index is 13.5. The number of piperazine rings is 1. The number of nitrogens with zero attached hydrogens (tertiary/aromatic N) is 2. The Balaban J connectivity index is 1.83. The van der Waals surface area contributed by atoms with Crippen molar-refractivity contribution in [2.24, 2.45) is 0 Å². The molecule has 0 N–H and O–H groups in total. The zero-order chi connectivity index (χ0) is 24.8. The number of benzene rings is 1. The highest BCUT2D eigenvalue weighted by Crippen LogP contribution is 2.37. The molecule has 8 nitrogen and oxygen atoms in total. The maximum absolute atomic E-state index is 13.5. The minimum Gasteiger partial charge on any atom is -0.444 e. The van der Waals surface area contributed by atoms with Crippen LogP contribution in [0.4, 0.5) is 14.4 Å². The Morgan fingerprint density at radius 3 is 2.09 bits per heavy atom. The average molecular weight is 484 g/mol. The van der Waals surface area contributed by atoms with Crippen LogP contribution in [0.25, 0.3) is 0 Å². The second kappa shape index (κ2) is 8.74. The molecule has 0 radical (unpaired) electrons. The smallest absolute Gasteiger partial charge is 0.444 e. The minimum atomic E-state index is -4.72. The lowest BCUT2D eigenvalue weighted by molar-refractivity contribution is 0.00578. The summed E-state index contributed by atoms with van der Waals surface area (Å²) in [5.74, 6) is -0.731. The van der Waals surface area contributed by atoms with Crippen LogP contribution in [0.5, 0.6) is 0 Å². The molecule has 2 heterocycles. The molecule has 0 unspecified atom stereocenters. The van der Waals surface area contributed by atoms with Gasteiger partial charge in [-0.2, -0.15) is 8.42 Å². The quantitative estimate of drug-likeness (QED) is 0.480. The summed E-state index contributed by atoms with van der Waals surface area (Å²) in [6.45, 7) is 15.1. The molecule has 3 rings (SSSR count). The topological polar surface area (TPSA) is 85.4 Å². The first kappa shape index (κ1) is 25.8. The number of anilines is 1. The van der Waals surface area contributed by atoms with E-state index < -0.39 is 39.9 Å². The molecule has 2 aliphatic heterocycles. The van der Waals surface area contributed by atoms with E-state index in [4.69, 9.17) is 14.0 Å². The van der Waals surface area contributed by atoms with Crippen molar-refractivity contribution in [3.05, 3.63) is 23.8 Å². The van der Waals surface area contributed by atoms with Crippen LogP contribution in [-0.4, -0.2) is 69.5 Å². The number of rotatable bonds is 4. The molecule has 1 aromatic rings. The number of halogens is 1.